The van der Waals surface area contributed by atoms with Crippen LogP contribution < -0.4 is 0 Å². The molecule has 0 amide bonds. The summed E-state index contributed by atoms with van der Waals surface area (Å²) in [7, 11) is 0. The van der Waals surface area contributed by atoms with Crippen molar-refractivity contribution in [3.8, 4) is 0 Å². The zero-order valence-electron chi connectivity index (χ0n) is 15.2. The molecule has 0 rings (SSSR count). The summed E-state index contributed by atoms with van der Waals surface area (Å²) >= 11 is 0. The molecule has 0 spiro atoms. The van der Waals surface area contributed by atoms with Crippen molar-refractivity contribution in [2.45, 2.75) is 112 Å². The fourth-order valence-electron chi connectivity index (χ4n) is 3.65. The Kier molecular flexibility index (Phi) is 14.0. The lowest BCUT2D eigenvalue weighted by Crippen LogP contribution is -2.20. The normalized spacial score (nSPS) is 14.7. The molecule has 0 aromatic rings. The highest BCUT2D eigenvalue weighted by Gasteiger charge is 2.22. The monoisotopic (exact) mass is 282 g/mol. The van der Waals surface area contributed by atoms with Crippen LogP contribution in [-0.2, 0) is 0 Å². The minimum absolute atomic E-state index is 0.873. The fraction of sp³-hybridized carbons (Fsp3) is 1.00. The van der Waals surface area contributed by atoms with Gasteiger partial charge in [-0.1, -0.05) is 105 Å². The van der Waals surface area contributed by atoms with Crippen LogP contribution in [0.15, 0.2) is 0 Å². The summed E-state index contributed by atoms with van der Waals surface area (Å²) in [5, 5.41) is 0. The van der Waals surface area contributed by atoms with E-state index in [9.17, 15) is 0 Å². The highest BCUT2D eigenvalue weighted by atomic mass is 14.3. The molecule has 0 saturated heterocycles. The molecular formula is C20H42. The second-order valence-electron chi connectivity index (χ2n) is 7.13. The lowest BCUT2D eigenvalue weighted by atomic mass is 9.76. The van der Waals surface area contributed by atoms with Crippen molar-refractivity contribution in [1.29, 1.82) is 0 Å². The van der Waals surface area contributed by atoms with Crippen LogP contribution >= 0.6 is 0 Å². The van der Waals surface area contributed by atoms with Gasteiger partial charge in [0.05, 0.1) is 0 Å². The summed E-state index contributed by atoms with van der Waals surface area (Å²) in [5.74, 6) is 2.83. The van der Waals surface area contributed by atoms with Gasteiger partial charge in [0.1, 0.15) is 0 Å². The molecule has 0 aliphatic carbocycles. The molecule has 20 heavy (non-hydrogen) atoms. The topological polar surface area (TPSA) is 0 Å². The van der Waals surface area contributed by atoms with Crippen LogP contribution in [0.1, 0.15) is 112 Å². The summed E-state index contributed by atoms with van der Waals surface area (Å²) in [6.45, 7) is 11.9. The van der Waals surface area contributed by atoms with Gasteiger partial charge in [0.25, 0.3) is 0 Å². The largest absolute Gasteiger partial charge is 0.0654 e. The third kappa shape index (κ3) is 9.83. The number of unbranched alkanes of at least 4 members (excludes halogenated alkanes) is 7. The van der Waals surface area contributed by atoms with Gasteiger partial charge in [0, 0.05) is 0 Å². The predicted molar refractivity (Wildman–Crippen MR) is 94.2 cm³/mol. The molecular weight excluding hydrogens is 240 g/mol. The van der Waals surface area contributed by atoms with Gasteiger partial charge in [-0.3, -0.25) is 0 Å². The molecule has 0 aromatic carbocycles. The van der Waals surface area contributed by atoms with Crippen molar-refractivity contribution >= 4 is 0 Å². The van der Waals surface area contributed by atoms with E-state index in [1.54, 1.807) is 0 Å². The third-order valence-corrected chi connectivity index (χ3v) is 5.06. The van der Waals surface area contributed by atoms with Crippen molar-refractivity contribution in [1.82, 2.24) is 0 Å². The maximum atomic E-state index is 2.45. The zero-order chi connectivity index (χ0) is 15.2. The van der Waals surface area contributed by atoms with Gasteiger partial charge >= 0.3 is 0 Å². The predicted octanol–water partition coefficient (Wildman–Crippen LogP) is 7.62. The SMILES string of the molecule is CCCCCCCC(C(C)C)C(CC)CCCCCC. The standard InChI is InChI=1S/C20H42/c1-6-9-11-13-15-17-20(18(4)5)19(8-3)16-14-12-10-7-2/h18-20H,6-17H2,1-5H3. The van der Waals surface area contributed by atoms with Crippen LogP contribution in [0.2, 0.25) is 0 Å². The molecule has 0 aromatic heterocycles. The Hall–Kier alpha value is 0. The Balaban J connectivity index is 4.03. The van der Waals surface area contributed by atoms with Crippen LogP contribution in [0, 0.1) is 17.8 Å². The Morgan fingerprint density at radius 3 is 1.60 bits per heavy atom. The molecule has 0 fully saturated rings. The molecule has 0 N–H and O–H groups in total. The molecule has 122 valence electrons. The fourth-order valence-corrected chi connectivity index (χ4v) is 3.65. The first-order valence-electron chi connectivity index (χ1n) is 9.67. The lowest BCUT2D eigenvalue weighted by Gasteiger charge is -2.30. The first-order valence-corrected chi connectivity index (χ1v) is 9.67. The molecule has 2 unspecified atom stereocenters. The van der Waals surface area contributed by atoms with Crippen LogP contribution in [0.5, 0.6) is 0 Å². The summed E-state index contributed by atoms with van der Waals surface area (Å²) in [4.78, 5) is 0. The van der Waals surface area contributed by atoms with E-state index in [1.807, 2.05) is 0 Å². The highest BCUT2D eigenvalue weighted by Crippen LogP contribution is 2.32. The van der Waals surface area contributed by atoms with Gasteiger partial charge in [-0.05, 0) is 24.2 Å². The van der Waals surface area contributed by atoms with Crippen molar-refractivity contribution in [2.24, 2.45) is 17.8 Å². The maximum Gasteiger partial charge on any atom is -0.0363 e. The quantitative estimate of drug-likeness (QED) is 0.287. The summed E-state index contributed by atoms with van der Waals surface area (Å²) < 4.78 is 0. The van der Waals surface area contributed by atoms with E-state index < -0.39 is 0 Å². The maximum absolute atomic E-state index is 2.45. The molecule has 0 saturated carbocycles. The molecule has 0 heterocycles. The van der Waals surface area contributed by atoms with Gasteiger partial charge in [-0.15, -0.1) is 0 Å². The minimum atomic E-state index is 0.873. The van der Waals surface area contributed by atoms with Crippen molar-refractivity contribution in [2.75, 3.05) is 0 Å². The summed E-state index contributed by atoms with van der Waals surface area (Å²) in [6.07, 6.45) is 17.2. The van der Waals surface area contributed by atoms with Gasteiger partial charge in [-0.25, -0.2) is 0 Å². The minimum Gasteiger partial charge on any atom is -0.0654 e. The molecule has 0 aliphatic rings. The number of rotatable bonds is 14. The summed E-state index contributed by atoms with van der Waals surface area (Å²) in [5.41, 5.74) is 0. The van der Waals surface area contributed by atoms with E-state index in [1.165, 1.54) is 77.0 Å². The molecule has 0 bridgehead atoms. The highest BCUT2D eigenvalue weighted by molar-refractivity contribution is 4.72. The first-order chi connectivity index (χ1) is 9.67. The Bertz CT molecular complexity index is 182. The molecule has 0 aliphatic heterocycles. The van der Waals surface area contributed by atoms with E-state index in [0.29, 0.717) is 0 Å². The lowest BCUT2D eigenvalue weighted by molar-refractivity contribution is 0.208. The van der Waals surface area contributed by atoms with Crippen LogP contribution in [0.4, 0.5) is 0 Å². The van der Waals surface area contributed by atoms with Crippen molar-refractivity contribution in [3.63, 3.8) is 0 Å². The number of hydrogen-bond donors (Lipinski definition) is 0. The molecule has 0 heteroatoms. The van der Waals surface area contributed by atoms with E-state index >= 15 is 0 Å². The Labute approximate surface area is 130 Å². The second kappa shape index (κ2) is 14.0. The average Bonchev–Trinajstić information content (AvgIpc) is 2.44. The number of hydrogen-bond acceptors (Lipinski definition) is 0. The van der Waals surface area contributed by atoms with E-state index in [4.69, 9.17) is 0 Å². The van der Waals surface area contributed by atoms with Gasteiger partial charge < -0.3 is 0 Å². The van der Waals surface area contributed by atoms with Crippen molar-refractivity contribution in [3.05, 3.63) is 0 Å². The Morgan fingerprint density at radius 1 is 0.600 bits per heavy atom. The van der Waals surface area contributed by atoms with E-state index in [-0.39, 0.29) is 0 Å². The van der Waals surface area contributed by atoms with Gasteiger partial charge in [-0.2, -0.15) is 0 Å². The second-order valence-corrected chi connectivity index (χ2v) is 7.13. The van der Waals surface area contributed by atoms with Gasteiger partial charge in [0.15, 0.2) is 0 Å². The zero-order valence-corrected chi connectivity index (χ0v) is 15.2. The van der Waals surface area contributed by atoms with Gasteiger partial charge in [0.2, 0.25) is 0 Å². The third-order valence-electron chi connectivity index (χ3n) is 5.06. The molecule has 2 atom stereocenters. The van der Waals surface area contributed by atoms with Crippen LogP contribution in [0.25, 0.3) is 0 Å². The van der Waals surface area contributed by atoms with Crippen LogP contribution in [-0.4, -0.2) is 0 Å². The van der Waals surface area contributed by atoms with Crippen LogP contribution in [0.3, 0.4) is 0 Å². The molecule has 0 nitrogen and oxygen atoms in total. The van der Waals surface area contributed by atoms with E-state index in [0.717, 1.165) is 17.8 Å². The smallest absolute Gasteiger partial charge is 0.0363 e. The first kappa shape index (κ1) is 20.0. The van der Waals surface area contributed by atoms with Crippen molar-refractivity contribution < 1.29 is 0 Å². The average molecular weight is 283 g/mol. The Morgan fingerprint density at radius 2 is 1.10 bits per heavy atom. The summed E-state index contributed by atoms with van der Waals surface area (Å²) in [6, 6.07) is 0. The molecule has 0 radical (unpaired) electrons. The van der Waals surface area contributed by atoms with E-state index in [2.05, 4.69) is 34.6 Å².